The minimum absolute atomic E-state index is 0.0913. The number of nitrogens with one attached hydrogen (secondary N) is 1. The Kier molecular flexibility index (Phi) is 6.15. The number of amidine groups is 1. The summed E-state index contributed by atoms with van der Waals surface area (Å²) >= 11 is 0. The van der Waals surface area contributed by atoms with Gasteiger partial charge >= 0.3 is 0 Å². The topological polar surface area (TPSA) is 69.2 Å². The molecule has 21 heavy (non-hydrogen) atoms. The van der Waals surface area contributed by atoms with Gasteiger partial charge < -0.3 is 15.5 Å². The molecular formula is C16H29N5. The van der Waals surface area contributed by atoms with Crippen LogP contribution in [-0.4, -0.2) is 49.4 Å². The number of likely N-dealkylation sites (N-methyl/N-ethyl adjacent to an activating group) is 1. The monoisotopic (exact) mass is 291 g/mol. The standard InChI is InChI=1S/C16H29N5/c1-11(2)10-21(8-7-20(5)6)16-14(15(17)18)12(3)9-13(4)19-16/h9,11H,7-8,10H2,1-6H3,(H3,17,18). The number of anilines is 1. The molecule has 5 nitrogen and oxygen atoms in total. The van der Waals surface area contributed by atoms with Gasteiger partial charge in [0.2, 0.25) is 0 Å². The van der Waals surface area contributed by atoms with Gasteiger partial charge in [0.15, 0.2) is 0 Å². The summed E-state index contributed by atoms with van der Waals surface area (Å²) < 4.78 is 0. The van der Waals surface area contributed by atoms with Crippen LogP contribution in [0, 0.1) is 25.2 Å². The van der Waals surface area contributed by atoms with E-state index in [0.29, 0.717) is 5.92 Å². The first-order valence-electron chi connectivity index (χ1n) is 7.44. The highest BCUT2D eigenvalue weighted by Crippen LogP contribution is 2.23. The molecule has 118 valence electrons. The molecule has 5 heteroatoms. The van der Waals surface area contributed by atoms with Crippen LogP contribution in [0.5, 0.6) is 0 Å². The minimum Gasteiger partial charge on any atom is -0.384 e. The Labute approximate surface area is 128 Å². The Morgan fingerprint density at radius 1 is 1.29 bits per heavy atom. The molecule has 0 bridgehead atoms. The van der Waals surface area contributed by atoms with Gasteiger partial charge in [-0.2, -0.15) is 0 Å². The molecule has 0 fully saturated rings. The third kappa shape index (κ3) is 5.01. The van der Waals surface area contributed by atoms with Gasteiger partial charge in [-0.1, -0.05) is 13.8 Å². The lowest BCUT2D eigenvalue weighted by molar-refractivity contribution is 0.408. The van der Waals surface area contributed by atoms with Crippen LogP contribution in [-0.2, 0) is 0 Å². The average Bonchev–Trinajstić information content (AvgIpc) is 2.32. The number of nitrogen functional groups attached to an aromatic ring is 1. The van der Waals surface area contributed by atoms with Crippen molar-refractivity contribution in [3.8, 4) is 0 Å². The lowest BCUT2D eigenvalue weighted by Gasteiger charge is -2.29. The smallest absolute Gasteiger partial charge is 0.140 e. The van der Waals surface area contributed by atoms with Crippen LogP contribution >= 0.6 is 0 Å². The number of aryl methyl sites for hydroxylation is 2. The summed E-state index contributed by atoms with van der Waals surface area (Å²) in [6.45, 7) is 11.1. The van der Waals surface area contributed by atoms with Crippen LogP contribution in [0.4, 0.5) is 5.82 Å². The van der Waals surface area contributed by atoms with Crippen molar-refractivity contribution in [2.45, 2.75) is 27.7 Å². The number of nitrogens with zero attached hydrogens (tertiary/aromatic N) is 3. The van der Waals surface area contributed by atoms with E-state index in [4.69, 9.17) is 11.1 Å². The van der Waals surface area contributed by atoms with Crippen molar-refractivity contribution in [3.05, 3.63) is 22.9 Å². The zero-order valence-electron chi connectivity index (χ0n) is 14.2. The second-order valence-corrected chi connectivity index (χ2v) is 6.34. The second kappa shape index (κ2) is 7.41. The maximum atomic E-state index is 7.88. The van der Waals surface area contributed by atoms with E-state index in [0.717, 1.165) is 42.3 Å². The molecule has 1 rings (SSSR count). The number of hydrogen-bond donors (Lipinski definition) is 2. The fraction of sp³-hybridized carbons (Fsp3) is 0.625. The van der Waals surface area contributed by atoms with Gasteiger partial charge in [-0.3, -0.25) is 5.41 Å². The quantitative estimate of drug-likeness (QED) is 0.595. The molecule has 1 heterocycles. The molecule has 0 aliphatic rings. The van der Waals surface area contributed by atoms with Crippen LogP contribution in [0.3, 0.4) is 0 Å². The van der Waals surface area contributed by atoms with E-state index in [1.807, 2.05) is 19.9 Å². The van der Waals surface area contributed by atoms with Crippen molar-refractivity contribution in [3.63, 3.8) is 0 Å². The fourth-order valence-corrected chi connectivity index (χ4v) is 2.42. The lowest BCUT2D eigenvalue weighted by atomic mass is 10.1. The molecule has 0 aliphatic carbocycles. The number of aromatic nitrogens is 1. The summed E-state index contributed by atoms with van der Waals surface area (Å²) in [4.78, 5) is 9.08. The van der Waals surface area contributed by atoms with Crippen molar-refractivity contribution >= 4 is 11.7 Å². The molecule has 0 aliphatic heterocycles. The Morgan fingerprint density at radius 3 is 2.38 bits per heavy atom. The Morgan fingerprint density at radius 2 is 1.90 bits per heavy atom. The van der Waals surface area contributed by atoms with Crippen molar-refractivity contribution in [2.24, 2.45) is 11.7 Å². The number of rotatable bonds is 7. The predicted molar refractivity (Wildman–Crippen MR) is 90.3 cm³/mol. The Hall–Kier alpha value is -1.62. The van der Waals surface area contributed by atoms with Crippen LogP contribution in [0.15, 0.2) is 6.07 Å². The Bertz CT molecular complexity index is 494. The van der Waals surface area contributed by atoms with E-state index in [2.05, 4.69) is 42.7 Å². The maximum absolute atomic E-state index is 7.88. The third-order valence-electron chi connectivity index (χ3n) is 3.30. The van der Waals surface area contributed by atoms with Crippen LogP contribution in [0.25, 0.3) is 0 Å². The van der Waals surface area contributed by atoms with E-state index in [9.17, 15) is 0 Å². The van der Waals surface area contributed by atoms with Crippen LogP contribution in [0.1, 0.15) is 30.7 Å². The number of pyridine rings is 1. The van der Waals surface area contributed by atoms with E-state index >= 15 is 0 Å². The summed E-state index contributed by atoms with van der Waals surface area (Å²) in [6.07, 6.45) is 0. The second-order valence-electron chi connectivity index (χ2n) is 6.34. The normalized spacial score (nSPS) is 11.2. The summed E-state index contributed by atoms with van der Waals surface area (Å²) in [5, 5.41) is 7.88. The van der Waals surface area contributed by atoms with Crippen molar-refractivity contribution in [2.75, 3.05) is 38.6 Å². The van der Waals surface area contributed by atoms with E-state index in [1.165, 1.54) is 0 Å². The molecule has 0 spiro atoms. The maximum Gasteiger partial charge on any atom is 0.140 e. The molecule has 0 amide bonds. The highest BCUT2D eigenvalue weighted by Gasteiger charge is 2.18. The van der Waals surface area contributed by atoms with E-state index < -0.39 is 0 Å². The molecule has 0 unspecified atom stereocenters. The van der Waals surface area contributed by atoms with Gasteiger partial charge in [0.25, 0.3) is 0 Å². The van der Waals surface area contributed by atoms with Gasteiger partial charge in [-0.05, 0) is 45.5 Å². The molecule has 0 radical (unpaired) electrons. The van der Waals surface area contributed by atoms with Crippen LogP contribution in [0.2, 0.25) is 0 Å². The molecule has 1 aromatic heterocycles. The van der Waals surface area contributed by atoms with Gasteiger partial charge in [-0.15, -0.1) is 0 Å². The zero-order chi connectivity index (χ0) is 16.2. The molecule has 0 saturated heterocycles. The first kappa shape index (κ1) is 17.4. The van der Waals surface area contributed by atoms with Gasteiger partial charge in [-0.25, -0.2) is 4.98 Å². The summed E-state index contributed by atoms with van der Waals surface area (Å²) in [5.41, 5.74) is 8.54. The third-order valence-corrected chi connectivity index (χ3v) is 3.30. The Balaban J connectivity index is 3.24. The SMILES string of the molecule is Cc1cc(C)c(C(=N)N)c(N(CCN(C)C)CC(C)C)n1. The average molecular weight is 291 g/mol. The largest absolute Gasteiger partial charge is 0.384 e. The molecular weight excluding hydrogens is 262 g/mol. The van der Waals surface area contributed by atoms with Gasteiger partial charge in [0.1, 0.15) is 11.7 Å². The number of hydrogen-bond acceptors (Lipinski definition) is 4. The van der Waals surface area contributed by atoms with Crippen LogP contribution < -0.4 is 10.6 Å². The molecule has 0 aromatic carbocycles. The highest BCUT2D eigenvalue weighted by molar-refractivity contribution is 6.01. The van der Waals surface area contributed by atoms with Crippen molar-refractivity contribution in [1.82, 2.24) is 9.88 Å². The summed E-state index contributed by atoms with van der Waals surface area (Å²) in [7, 11) is 4.13. The molecule has 0 saturated carbocycles. The molecule has 0 atom stereocenters. The molecule has 1 aromatic rings. The van der Waals surface area contributed by atoms with Gasteiger partial charge in [0, 0.05) is 25.3 Å². The minimum atomic E-state index is 0.0913. The number of nitrogens with two attached hydrogens (primary N) is 1. The first-order valence-corrected chi connectivity index (χ1v) is 7.44. The van der Waals surface area contributed by atoms with Crippen molar-refractivity contribution in [1.29, 1.82) is 5.41 Å². The highest BCUT2D eigenvalue weighted by atomic mass is 15.2. The summed E-state index contributed by atoms with van der Waals surface area (Å²) in [6, 6.07) is 1.99. The van der Waals surface area contributed by atoms with E-state index in [-0.39, 0.29) is 5.84 Å². The van der Waals surface area contributed by atoms with Gasteiger partial charge in [0.05, 0.1) is 5.56 Å². The zero-order valence-corrected chi connectivity index (χ0v) is 14.2. The molecule has 3 N–H and O–H groups in total. The van der Waals surface area contributed by atoms with E-state index in [1.54, 1.807) is 0 Å². The fourth-order valence-electron chi connectivity index (χ4n) is 2.42. The summed E-state index contributed by atoms with van der Waals surface area (Å²) in [5.74, 6) is 1.46. The van der Waals surface area contributed by atoms with Crippen molar-refractivity contribution < 1.29 is 0 Å². The first-order chi connectivity index (χ1) is 9.72. The lowest BCUT2D eigenvalue weighted by Crippen LogP contribution is -2.36. The predicted octanol–water partition coefficient (Wildman–Crippen LogP) is 2.01.